The fraction of sp³-hybridized carbons (Fsp3) is 0.300. The van der Waals surface area contributed by atoms with Gasteiger partial charge in [-0.2, -0.15) is 13.2 Å². The van der Waals surface area contributed by atoms with Gasteiger partial charge in [0, 0.05) is 4.47 Å². The van der Waals surface area contributed by atoms with E-state index in [1.165, 1.54) is 6.07 Å². The summed E-state index contributed by atoms with van der Waals surface area (Å²) in [6.45, 7) is -1.03. The summed E-state index contributed by atoms with van der Waals surface area (Å²) in [5, 5.41) is 10.5. The number of rotatable bonds is 3. The second-order valence-electron chi connectivity index (χ2n) is 3.39. The van der Waals surface area contributed by atoms with Gasteiger partial charge < -0.3 is 10.4 Å². The predicted molar refractivity (Wildman–Crippen MR) is 58.5 cm³/mol. The molecular weight excluding hydrogens is 322 g/mol. The fourth-order valence-corrected chi connectivity index (χ4v) is 1.43. The van der Waals surface area contributed by atoms with Crippen molar-refractivity contribution in [3.63, 3.8) is 0 Å². The number of aliphatic hydroxyl groups is 1. The van der Waals surface area contributed by atoms with Gasteiger partial charge in [0.15, 0.2) is 6.10 Å². The second-order valence-corrected chi connectivity index (χ2v) is 4.31. The van der Waals surface area contributed by atoms with Crippen LogP contribution in [-0.4, -0.2) is 29.8 Å². The van der Waals surface area contributed by atoms with Gasteiger partial charge in [-0.3, -0.25) is 4.79 Å². The number of alkyl halides is 3. The number of amides is 1. The van der Waals surface area contributed by atoms with Gasteiger partial charge in [-0.05, 0) is 18.2 Å². The van der Waals surface area contributed by atoms with Gasteiger partial charge in [0.25, 0.3) is 5.91 Å². The number of hydrogen-bond donors (Lipinski definition) is 2. The summed E-state index contributed by atoms with van der Waals surface area (Å²) in [5.74, 6) is -1.89. The number of aliphatic hydroxyl groups excluding tert-OH is 1. The standard InChI is InChI=1S/C10H8BrF4NO2/c11-5-1-2-7(12)6(3-5)9(18)16-4-8(17)10(13,14)15/h1-3,8,17H,4H2,(H,16,18). The molecule has 0 radical (unpaired) electrons. The van der Waals surface area contributed by atoms with Crippen LogP contribution in [0.25, 0.3) is 0 Å². The Hall–Kier alpha value is -1.15. The first-order valence-corrected chi connectivity index (χ1v) is 5.49. The molecule has 0 aliphatic heterocycles. The van der Waals surface area contributed by atoms with Gasteiger partial charge in [0.05, 0.1) is 12.1 Å². The van der Waals surface area contributed by atoms with E-state index in [1.807, 2.05) is 0 Å². The summed E-state index contributed by atoms with van der Waals surface area (Å²) in [5.41, 5.74) is -0.404. The Morgan fingerprint density at radius 3 is 2.61 bits per heavy atom. The maximum absolute atomic E-state index is 13.2. The minimum absolute atomic E-state index is 0.404. The predicted octanol–water partition coefficient (Wildman–Crippen LogP) is 2.24. The molecule has 0 spiro atoms. The average Bonchev–Trinajstić information content (AvgIpc) is 2.27. The monoisotopic (exact) mass is 329 g/mol. The van der Waals surface area contributed by atoms with Gasteiger partial charge >= 0.3 is 6.18 Å². The fourth-order valence-electron chi connectivity index (χ4n) is 1.07. The molecule has 0 aromatic heterocycles. The minimum atomic E-state index is -4.83. The highest BCUT2D eigenvalue weighted by molar-refractivity contribution is 9.10. The third kappa shape index (κ3) is 3.95. The Labute approximate surface area is 108 Å². The second kappa shape index (κ2) is 5.66. The smallest absolute Gasteiger partial charge is 0.382 e. The highest BCUT2D eigenvalue weighted by Gasteiger charge is 2.38. The Bertz CT molecular complexity index is 450. The summed E-state index contributed by atoms with van der Waals surface area (Å²) in [7, 11) is 0. The molecule has 1 unspecified atom stereocenters. The van der Waals surface area contributed by atoms with Crippen LogP contribution in [0.4, 0.5) is 17.6 Å². The highest BCUT2D eigenvalue weighted by Crippen LogP contribution is 2.19. The number of hydrogen-bond acceptors (Lipinski definition) is 2. The maximum Gasteiger partial charge on any atom is 0.416 e. The van der Waals surface area contributed by atoms with Gasteiger partial charge in [-0.25, -0.2) is 4.39 Å². The molecule has 1 amide bonds. The van der Waals surface area contributed by atoms with E-state index in [2.05, 4.69) is 15.9 Å². The zero-order valence-electron chi connectivity index (χ0n) is 8.76. The zero-order valence-corrected chi connectivity index (χ0v) is 10.3. The Balaban J connectivity index is 2.69. The van der Waals surface area contributed by atoms with Crippen LogP contribution in [0.1, 0.15) is 10.4 Å². The first-order chi connectivity index (χ1) is 8.21. The normalized spacial score (nSPS) is 13.2. The molecular formula is C10H8BrF4NO2. The quantitative estimate of drug-likeness (QED) is 0.835. The van der Waals surface area contributed by atoms with Crippen molar-refractivity contribution in [1.82, 2.24) is 5.32 Å². The first kappa shape index (κ1) is 14.9. The molecule has 8 heteroatoms. The van der Waals surface area contributed by atoms with Crippen LogP contribution in [0, 0.1) is 5.82 Å². The van der Waals surface area contributed by atoms with Gasteiger partial charge in [0.1, 0.15) is 5.82 Å². The lowest BCUT2D eigenvalue weighted by atomic mass is 10.2. The molecule has 1 aromatic carbocycles. The van der Waals surface area contributed by atoms with Crippen molar-refractivity contribution in [1.29, 1.82) is 0 Å². The van der Waals surface area contributed by atoms with Crippen LogP contribution >= 0.6 is 15.9 Å². The summed E-state index contributed by atoms with van der Waals surface area (Å²) < 4.78 is 49.5. The third-order valence-corrected chi connectivity index (χ3v) is 2.50. The molecule has 0 saturated heterocycles. The number of halogens is 5. The minimum Gasteiger partial charge on any atom is -0.382 e. The molecule has 100 valence electrons. The summed E-state index contributed by atoms with van der Waals surface area (Å²) in [4.78, 5) is 11.4. The Kier molecular flexibility index (Phi) is 4.69. The first-order valence-electron chi connectivity index (χ1n) is 4.70. The van der Waals surface area contributed by atoms with E-state index in [0.29, 0.717) is 4.47 Å². The van der Waals surface area contributed by atoms with Crippen molar-refractivity contribution >= 4 is 21.8 Å². The van der Waals surface area contributed by atoms with E-state index in [9.17, 15) is 22.4 Å². The zero-order chi connectivity index (χ0) is 13.9. The topological polar surface area (TPSA) is 49.3 Å². The van der Waals surface area contributed by atoms with E-state index in [1.54, 1.807) is 5.32 Å². The summed E-state index contributed by atoms with van der Waals surface area (Å²) >= 11 is 3.00. The van der Waals surface area contributed by atoms with Gasteiger partial charge in [0.2, 0.25) is 0 Å². The number of benzene rings is 1. The molecule has 0 fully saturated rings. The lowest BCUT2D eigenvalue weighted by Crippen LogP contribution is -2.40. The van der Waals surface area contributed by atoms with E-state index in [-0.39, 0.29) is 0 Å². The van der Waals surface area contributed by atoms with Gasteiger partial charge in [-0.1, -0.05) is 15.9 Å². The number of carbonyl (C=O) groups is 1. The van der Waals surface area contributed by atoms with Crippen LogP contribution in [-0.2, 0) is 0 Å². The molecule has 0 bridgehead atoms. The Morgan fingerprint density at radius 1 is 1.44 bits per heavy atom. The van der Waals surface area contributed by atoms with Crippen LogP contribution in [0.15, 0.2) is 22.7 Å². The van der Waals surface area contributed by atoms with Crippen LogP contribution in [0.2, 0.25) is 0 Å². The number of carbonyl (C=O) groups excluding carboxylic acids is 1. The molecule has 3 nitrogen and oxygen atoms in total. The van der Waals surface area contributed by atoms with E-state index < -0.39 is 36.1 Å². The highest BCUT2D eigenvalue weighted by atomic mass is 79.9. The molecule has 2 N–H and O–H groups in total. The molecule has 18 heavy (non-hydrogen) atoms. The van der Waals surface area contributed by atoms with E-state index in [0.717, 1.165) is 12.1 Å². The van der Waals surface area contributed by atoms with Crippen molar-refractivity contribution in [2.24, 2.45) is 0 Å². The lowest BCUT2D eigenvalue weighted by Gasteiger charge is -2.15. The molecule has 0 aliphatic rings. The molecule has 1 aromatic rings. The molecule has 0 aliphatic carbocycles. The van der Waals surface area contributed by atoms with Crippen molar-refractivity contribution in [2.75, 3.05) is 6.54 Å². The van der Waals surface area contributed by atoms with Crippen LogP contribution < -0.4 is 5.32 Å². The largest absolute Gasteiger partial charge is 0.416 e. The molecule has 0 saturated carbocycles. The van der Waals surface area contributed by atoms with Crippen molar-refractivity contribution in [3.05, 3.63) is 34.1 Å². The summed E-state index contributed by atoms with van der Waals surface area (Å²) in [6.07, 6.45) is -7.51. The van der Waals surface area contributed by atoms with Crippen molar-refractivity contribution < 1.29 is 27.5 Å². The van der Waals surface area contributed by atoms with Crippen LogP contribution in [0.5, 0.6) is 0 Å². The number of nitrogens with one attached hydrogen (secondary N) is 1. The molecule has 0 heterocycles. The van der Waals surface area contributed by atoms with Gasteiger partial charge in [-0.15, -0.1) is 0 Å². The lowest BCUT2D eigenvalue weighted by molar-refractivity contribution is -0.201. The van der Waals surface area contributed by atoms with E-state index >= 15 is 0 Å². The molecule has 1 atom stereocenters. The van der Waals surface area contributed by atoms with Crippen LogP contribution in [0.3, 0.4) is 0 Å². The Morgan fingerprint density at radius 2 is 2.06 bits per heavy atom. The third-order valence-electron chi connectivity index (χ3n) is 2.01. The van der Waals surface area contributed by atoms with Crippen molar-refractivity contribution in [2.45, 2.75) is 12.3 Å². The van der Waals surface area contributed by atoms with Crippen molar-refractivity contribution in [3.8, 4) is 0 Å². The van der Waals surface area contributed by atoms with E-state index in [4.69, 9.17) is 5.11 Å². The molecule has 1 rings (SSSR count). The average molecular weight is 330 g/mol. The summed E-state index contributed by atoms with van der Waals surface area (Å²) in [6, 6.07) is 3.47. The SMILES string of the molecule is O=C(NCC(O)C(F)(F)F)c1cc(Br)ccc1F. The maximum atomic E-state index is 13.2.